The standard InChI is InChI=1S/C12H17F3N4/c1-3-19(6-12(13,14)15)11-7(2)9(16)17-10(18-11)8-4-5-8/h8H,3-6H2,1-2H3,(H2,16,17,18). The van der Waals surface area contributed by atoms with E-state index in [2.05, 4.69) is 9.97 Å². The molecule has 0 aromatic carbocycles. The molecule has 7 heteroatoms. The van der Waals surface area contributed by atoms with Gasteiger partial charge in [-0.05, 0) is 26.7 Å². The van der Waals surface area contributed by atoms with E-state index in [-0.39, 0.29) is 18.3 Å². The number of nitrogens with two attached hydrogens (primary N) is 1. The van der Waals surface area contributed by atoms with Crippen molar-refractivity contribution in [2.24, 2.45) is 0 Å². The van der Waals surface area contributed by atoms with Crippen molar-refractivity contribution >= 4 is 11.6 Å². The number of hydrogen-bond acceptors (Lipinski definition) is 4. The lowest BCUT2D eigenvalue weighted by Gasteiger charge is -2.25. The van der Waals surface area contributed by atoms with Crippen LogP contribution in [-0.2, 0) is 0 Å². The maximum atomic E-state index is 12.6. The lowest BCUT2D eigenvalue weighted by atomic mass is 10.2. The van der Waals surface area contributed by atoms with Gasteiger partial charge in [-0.2, -0.15) is 13.2 Å². The van der Waals surface area contributed by atoms with E-state index in [1.54, 1.807) is 13.8 Å². The average molecular weight is 274 g/mol. The molecule has 0 aliphatic heterocycles. The first kappa shape index (κ1) is 13.9. The molecule has 0 radical (unpaired) electrons. The summed E-state index contributed by atoms with van der Waals surface area (Å²) in [5.41, 5.74) is 6.29. The van der Waals surface area contributed by atoms with Crippen LogP contribution in [0.4, 0.5) is 24.8 Å². The highest BCUT2D eigenvalue weighted by atomic mass is 19.4. The Kier molecular flexibility index (Phi) is 3.56. The summed E-state index contributed by atoms with van der Waals surface area (Å²) in [4.78, 5) is 9.65. The Labute approximate surface area is 109 Å². The molecular weight excluding hydrogens is 257 g/mol. The van der Waals surface area contributed by atoms with Crippen LogP contribution in [0.25, 0.3) is 0 Å². The number of anilines is 2. The van der Waals surface area contributed by atoms with E-state index < -0.39 is 12.7 Å². The van der Waals surface area contributed by atoms with Crippen LogP contribution < -0.4 is 10.6 Å². The van der Waals surface area contributed by atoms with Crippen LogP contribution in [-0.4, -0.2) is 29.2 Å². The van der Waals surface area contributed by atoms with Gasteiger partial charge in [0.2, 0.25) is 0 Å². The summed E-state index contributed by atoms with van der Waals surface area (Å²) < 4.78 is 37.7. The quantitative estimate of drug-likeness (QED) is 0.917. The van der Waals surface area contributed by atoms with E-state index in [0.29, 0.717) is 17.2 Å². The average Bonchev–Trinajstić information content (AvgIpc) is 3.12. The minimum Gasteiger partial charge on any atom is -0.383 e. The molecule has 4 nitrogen and oxygen atoms in total. The van der Waals surface area contributed by atoms with Crippen LogP contribution in [0.2, 0.25) is 0 Å². The van der Waals surface area contributed by atoms with Gasteiger partial charge in [0, 0.05) is 18.0 Å². The molecule has 106 valence electrons. The van der Waals surface area contributed by atoms with E-state index in [9.17, 15) is 13.2 Å². The van der Waals surface area contributed by atoms with Crippen molar-refractivity contribution in [1.29, 1.82) is 0 Å². The molecule has 1 heterocycles. The number of rotatable bonds is 4. The van der Waals surface area contributed by atoms with Crippen LogP contribution in [0.3, 0.4) is 0 Å². The van der Waals surface area contributed by atoms with Gasteiger partial charge < -0.3 is 10.6 Å². The van der Waals surface area contributed by atoms with E-state index in [0.717, 1.165) is 12.8 Å². The lowest BCUT2D eigenvalue weighted by molar-refractivity contribution is -0.119. The monoisotopic (exact) mass is 274 g/mol. The second kappa shape index (κ2) is 4.86. The number of hydrogen-bond donors (Lipinski definition) is 1. The highest BCUT2D eigenvalue weighted by Crippen LogP contribution is 2.39. The Morgan fingerprint density at radius 3 is 2.42 bits per heavy atom. The van der Waals surface area contributed by atoms with Gasteiger partial charge >= 0.3 is 6.18 Å². The Morgan fingerprint density at radius 2 is 1.95 bits per heavy atom. The number of nitrogen functional groups attached to an aromatic ring is 1. The predicted octanol–water partition coefficient (Wildman–Crippen LogP) is 2.63. The molecule has 1 aromatic heterocycles. The molecule has 1 aromatic rings. The zero-order chi connectivity index (χ0) is 14.2. The Bertz CT molecular complexity index is 469. The first-order valence-electron chi connectivity index (χ1n) is 6.27. The molecule has 2 N–H and O–H groups in total. The molecule has 1 saturated carbocycles. The highest BCUT2D eigenvalue weighted by molar-refractivity contribution is 5.57. The molecule has 0 unspecified atom stereocenters. The minimum atomic E-state index is -4.26. The van der Waals surface area contributed by atoms with Gasteiger partial charge in [-0.3, -0.25) is 0 Å². The summed E-state index contributed by atoms with van der Waals surface area (Å²) in [7, 11) is 0. The van der Waals surface area contributed by atoms with Crippen LogP contribution in [0.5, 0.6) is 0 Å². The number of halogens is 3. The van der Waals surface area contributed by atoms with Crippen molar-refractivity contribution in [3.63, 3.8) is 0 Å². The van der Waals surface area contributed by atoms with Gasteiger partial charge in [0.15, 0.2) is 0 Å². The minimum absolute atomic E-state index is 0.223. The lowest BCUT2D eigenvalue weighted by Crippen LogP contribution is -2.35. The molecule has 1 aliphatic rings. The first-order chi connectivity index (χ1) is 8.81. The Hall–Kier alpha value is -1.53. The molecule has 0 atom stereocenters. The molecule has 19 heavy (non-hydrogen) atoms. The Balaban J connectivity index is 2.35. The van der Waals surface area contributed by atoms with Crippen LogP contribution in [0, 0.1) is 6.92 Å². The van der Waals surface area contributed by atoms with Gasteiger partial charge in [0.25, 0.3) is 0 Å². The summed E-state index contributed by atoms with van der Waals surface area (Å²) in [5, 5.41) is 0. The topological polar surface area (TPSA) is 55.0 Å². The molecule has 1 aliphatic carbocycles. The molecule has 0 spiro atoms. The maximum absolute atomic E-state index is 12.6. The van der Waals surface area contributed by atoms with Crippen molar-refractivity contribution in [3.05, 3.63) is 11.4 Å². The summed E-state index contributed by atoms with van der Waals surface area (Å²) in [6.07, 6.45) is -2.30. The van der Waals surface area contributed by atoms with Crippen LogP contribution in [0.15, 0.2) is 0 Å². The Morgan fingerprint density at radius 1 is 1.32 bits per heavy atom. The SMILES string of the molecule is CCN(CC(F)(F)F)c1nc(C2CC2)nc(N)c1C. The third kappa shape index (κ3) is 3.27. The third-order valence-corrected chi connectivity index (χ3v) is 3.17. The molecule has 2 rings (SSSR count). The molecule has 0 saturated heterocycles. The van der Waals surface area contributed by atoms with Crippen molar-refractivity contribution in [2.75, 3.05) is 23.7 Å². The van der Waals surface area contributed by atoms with E-state index in [1.807, 2.05) is 0 Å². The maximum Gasteiger partial charge on any atom is 0.405 e. The van der Waals surface area contributed by atoms with Crippen molar-refractivity contribution < 1.29 is 13.2 Å². The number of nitrogens with zero attached hydrogens (tertiary/aromatic N) is 3. The summed E-state index contributed by atoms with van der Waals surface area (Å²) in [5.74, 6) is 1.40. The fraction of sp³-hybridized carbons (Fsp3) is 0.667. The second-order valence-corrected chi connectivity index (χ2v) is 4.82. The van der Waals surface area contributed by atoms with Crippen molar-refractivity contribution in [1.82, 2.24) is 9.97 Å². The molecule has 1 fully saturated rings. The molecular formula is C12H17F3N4. The molecule has 0 bridgehead atoms. The predicted molar refractivity (Wildman–Crippen MR) is 67.1 cm³/mol. The van der Waals surface area contributed by atoms with E-state index >= 15 is 0 Å². The normalized spacial score (nSPS) is 15.6. The zero-order valence-corrected chi connectivity index (χ0v) is 11.0. The van der Waals surface area contributed by atoms with Gasteiger partial charge in [-0.1, -0.05) is 0 Å². The van der Waals surface area contributed by atoms with Crippen molar-refractivity contribution in [2.45, 2.75) is 38.8 Å². The van der Waals surface area contributed by atoms with Gasteiger partial charge in [0.1, 0.15) is 24.0 Å². The van der Waals surface area contributed by atoms with E-state index in [1.165, 1.54) is 4.90 Å². The third-order valence-electron chi connectivity index (χ3n) is 3.17. The highest BCUT2D eigenvalue weighted by Gasteiger charge is 2.33. The number of aromatic nitrogens is 2. The summed E-state index contributed by atoms with van der Waals surface area (Å²) >= 11 is 0. The fourth-order valence-electron chi connectivity index (χ4n) is 1.92. The van der Waals surface area contributed by atoms with Gasteiger partial charge in [-0.25, -0.2) is 9.97 Å². The van der Waals surface area contributed by atoms with Crippen LogP contribution >= 0.6 is 0 Å². The largest absolute Gasteiger partial charge is 0.405 e. The molecule has 0 amide bonds. The smallest absolute Gasteiger partial charge is 0.383 e. The first-order valence-corrected chi connectivity index (χ1v) is 6.27. The van der Waals surface area contributed by atoms with Gasteiger partial charge in [0.05, 0.1) is 0 Å². The zero-order valence-electron chi connectivity index (χ0n) is 11.0. The number of alkyl halides is 3. The second-order valence-electron chi connectivity index (χ2n) is 4.82. The van der Waals surface area contributed by atoms with Gasteiger partial charge in [-0.15, -0.1) is 0 Å². The van der Waals surface area contributed by atoms with Crippen molar-refractivity contribution in [3.8, 4) is 0 Å². The van der Waals surface area contributed by atoms with E-state index in [4.69, 9.17) is 5.73 Å². The summed E-state index contributed by atoms with van der Waals surface area (Å²) in [6, 6.07) is 0. The fourth-order valence-corrected chi connectivity index (χ4v) is 1.92. The van der Waals surface area contributed by atoms with Crippen LogP contribution in [0.1, 0.15) is 37.1 Å². The summed E-state index contributed by atoms with van der Waals surface area (Å²) in [6.45, 7) is 2.52.